The van der Waals surface area contributed by atoms with E-state index in [1.54, 1.807) is 0 Å². The van der Waals surface area contributed by atoms with E-state index in [1.165, 1.54) is 29.8 Å². The smallest absolute Gasteiger partial charge is 0.0420 e. The molecule has 0 radical (unpaired) electrons. The molecule has 3 heteroatoms. The zero-order valence-electron chi connectivity index (χ0n) is 11.4. The van der Waals surface area contributed by atoms with Crippen molar-refractivity contribution in [2.24, 2.45) is 0 Å². The molecule has 0 spiro atoms. The van der Waals surface area contributed by atoms with Crippen molar-refractivity contribution in [3.05, 3.63) is 23.8 Å². The first-order chi connectivity index (χ1) is 8.75. The van der Waals surface area contributed by atoms with E-state index in [0.29, 0.717) is 6.04 Å². The van der Waals surface area contributed by atoms with Crippen molar-refractivity contribution in [2.45, 2.75) is 25.8 Å². The van der Waals surface area contributed by atoms with Crippen LogP contribution in [0.5, 0.6) is 0 Å². The van der Waals surface area contributed by atoms with Crippen LogP contribution in [0.15, 0.2) is 18.2 Å². The Labute approximate surface area is 110 Å². The van der Waals surface area contributed by atoms with Crippen LogP contribution in [0.2, 0.25) is 0 Å². The van der Waals surface area contributed by atoms with Crippen molar-refractivity contribution in [3.8, 4) is 0 Å². The lowest BCUT2D eigenvalue weighted by Gasteiger charge is -2.40. The van der Waals surface area contributed by atoms with Crippen LogP contribution in [0, 0.1) is 0 Å². The lowest BCUT2D eigenvalue weighted by atomic mass is 10.00. The lowest BCUT2D eigenvalue weighted by Crippen LogP contribution is -2.50. The third-order valence-electron chi connectivity index (χ3n) is 4.37. The second kappa shape index (κ2) is 4.81. The van der Waals surface area contributed by atoms with E-state index in [9.17, 15) is 0 Å². The quantitative estimate of drug-likeness (QED) is 0.818. The molecule has 18 heavy (non-hydrogen) atoms. The molecule has 1 aromatic rings. The van der Waals surface area contributed by atoms with Gasteiger partial charge in [0.05, 0.1) is 0 Å². The normalized spacial score (nSPS) is 24.6. The highest BCUT2D eigenvalue weighted by molar-refractivity contribution is 5.68. The first-order valence-corrected chi connectivity index (χ1v) is 7.06. The molecule has 3 rings (SSSR count). The van der Waals surface area contributed by atoms with Gasteiger partial charge >= 0.3 is 0 Å². The molecule has 98 valence electrons. The monoisotopic (exact) mass is 245 g/mol. The predicted molar refractivity (Wildman–Crippen MR) is 77.6 cm³/mol. The molecule has 0 amide bonds. The molecule has 0 aliphatic carbocycles. The Morgan fingerprint density at radius 1 is 1.28 bits per heavy atom. The number of anilines is 2. The van der Waals surface area contributed by atoms with E-state index >= 15 is 0 Å². The number of fused-ring (bicyclic) bond motifs is 1. The first-order valence-electron chi connectivity index (χ1n) is 7.06. The van der Waals surface area contributed by atoms with Gasteiger partial charge in [0, 0.05) is 43.6 Å². The molecule has 1 atom stereocenters. The van der Waals surface area contributed by atoms with Gasteiger partial charge in [0.2, 0.25) is 0 Å². The van der Waals surface area contributed by atoms with E-state index in [0.717, 1.165) is 26.2 Å². The number of piperazine rings is 1. The van der Waals surface area contributed by atoms with E-state index < -0.39 is 0 Å². The molecule has 2 heterocycles. The van der Waals surface area contributed by atoms with Crippen molar-refractivity contribution >= 4 is 11.4 Å². The number of rotatable bonds is 1. The summed E-state index contributed by atoms with van der Waals surface area (Å²) in [5, 5.41) is 3.52. The van der Waals surface area contributed by atoms with Crippen LogP contribution in [-0.4, -0.2) is 44.2 Å². The topological polar surface area (TPSA) is 18.5 Å². The third-order valence-corrected chi connectivity index (χ3v) is 4.37. The third kappa shape index (κ3) is 2.07. The van der Waals surface area contributed by atoms with Gasteiger partial charge in [0.25, 0.3) is 0 Å². The molecular formula is C15H23N3. The molecule has 0 bridgehead atoms. The Bertz CT molecular complexity index is 430. The van der Waals surface area contributed by atoms with Gasteiger partial charge in [0.1, 0.15) is 0 Å². The summed E-state index contributed by atoms with van der Waals surface area (Å²) < 4.78 is 0. The first kappa shape index (κ1) is 11.8. The van der Waals surface area contributed by atoms with Crippen molar-refractivity contribution in [1.82, 2.24) is 4.90 Å². The molecule has 1 fully saturated rings. The van der Waals surface area contributed by atoms with Crippen LogP contribution in [0.25, 0.3) is 0 Å². The molecule has 1 saturated heterocycles. The molecule has 2 aliphatic heterocycles. The highest BCUT2D eigenvalue weighted by Crippen LogP contribution is 2.32. The molecule has 0 saturated carbocycles. The van der Waals surface area contributed by atoms with Gasteiger partial charge in [-0.3, -0.25) is 0 Å². The minimum absolute atomic E-state index is 0.645. The molecular weight excluding hydrogens is 222 g/mol. The predicted octanol–water partition coefficient (Wildman–Crippen LogP) is 2.18. The van der Waals surface area contributed by atoms with Crippen molar-refractivity contribution in [3.63, 3.8) is 0 Å². The van der Waals surface area contributed by atoms with Crippen molar-refractivity contribution in [2.75, 3.05) is 43.4 Å². The summed E-state index contributed by atoms with van der Waals surface area (Å²) in [4.78, 5) is 5.01. The van der Waals surface area contributed by atoms with Crippen molar-refractivity contribution in [1.29, 1.82) is 0 Å². The maximum atomic E-state index is 3.52. The highest BCUT2D eigenvalue weighted by atomic mass is 15.3. The van der Waals surface area contributed by atoms with Gasteiger partial charge in [-0.1, -0.05) is 6.07 Å². The molecule has 1 unspecified atom stereocenters. The average molecular weight is 245 g/mol. The maximum Gasteiger partial charge on any atom is 0.0420 e. The molecule has 1 aromatic carbocycles. The molecule has 2 aliphatic rings. The Balaban J connectivity index is 1.88. The molecule has 0 aromatic heterocycles. The fourth-order valence-electron chi connectivity index (χ4n) is 3.05. The summed E-state index contributed by atoms with van der Waals surface area (Å²) >= 11 is 0. The van der Waals surface area contributed by atoms with E-state index in [1.807, 2.05) is 0 Å². The van der Waals surface area contributed by atoms with Gasteiger partial charge in [-0.05, 0) is 44.5 Å². The Hall–Kier alpha value is -1.22. The zero-order valence-corrected chi connectivity index (χ0v) is 11.4. The van der Waals surface area contributed by atoms with Crippen LogP contribution in [0.3, 0.4) is 0 Å². The maximum absolute atomic E-state index is 3.52. The second-order valence-corrected chi connectivity index (χ2v) is 5.61. The standard InChI is InChI=1S/C15H23N3/c1-12-11-18(10-9-17(12)2)15-7-3-6-14-13(15)5-4-8-16-14/h3,6-7,12,16H,4-5,8-11H2,1-2H3. The zero-order chi connectivity index (χ0) is 12.5. The molecule has 3 nitrogen and oxygen atoms in total. The largest absolute Gasteiger partial charge is 0.385 e. The Morgan fingerprint density at radius 3 is 3.00 bits per heavy atom. The number of nitrogens with zero attached hydrogens (tertiary/aromatic N) is 2. The number of benzene rings is 1. The van der Waals surface area contributed by atoms with Crippen LogP contribution in [0.1, 0.15) is 18.9 Å². The number of likely N-dealkylation sites (N-methyl/N-ethyl adjacent to an activating group) is 1. The summed E-state index contributed by atoms with van der Waals surface area (Å²) in [5.41, 5.74) is 4.34. The van der Waals surface area contributed by atoms with Crippen LogP contribution >= 0.6 is 0 Å². The Kier molecular flexibility index (Phi) is 3.16. The summed E-state index contributed by atoms with van der Waals surface area (Å²) in [7, 11) is 2.23. The summed E-state index contributed by atoms with van der Waals surface area (Å²) in [6, 6.07) is 7.35. The molecule has 1 N–H and O–H groups in total. The highest BCUT2D eigenvalue weighted by Gasteiger charge is 2.23. The van der Waals surface area contributed by atoms with Crippen LogP contribution in [0.4, 0.5) is 11.4 Å². The summed E-state index contributed by atoms with van der Waals surface area (Å²) in [6.07, 6.45) is 2.48. The van der Waals surface area contributed by atoms with Gasteiger partial charge in [0.15, 0.2) is 0 Å². The lowest BCUT2D eigenvalue weighted by molar-refractivity contribution is 0.234. The van der Waals surface area contributed by atoms with E-state index in [-0.39, 0.29) is 0 Å². The van der Waals surface area contributed by atoms with E-state index in [2.05, 4.69) is 47.3 Å². The van der Waals surface area contributed by atoms with Crippen LogP contribution in [-0.2, 0) is 6.42 Å². The van der Waals surface area contributed by atoms with Crippen LogP contribution < -0.4 is 10.2 Å². The van der Waals surface area contributed by atoms with Gasteiger partial charge in [-0.2, -0.15) is 0 Å². The average Bonchev–Trinajstić information content (AvgIpc) is 2.41. The van der Waals surface area contributed by atoms with Gasteiger partial charge < -0.3 is 15.1 Å². The van der Waals surface area contributed by atoms with E-state index in [4.69, 9.17) is 0 Å². The summed E-state index contributed by atoms with van der Waals surface area (Å²) in [6.45, 7) is 6.90. The number of hydrogen-bond acceptors (Lipinski definition) is 3. The fraction of sp³-hybridized carbons (Fsp3) is 0.600. The van der Waals surface area contributed by atoms with Gasteiger partial charge in [-0.25, -0.2) is 0 Å². The number of nitrogens with one attached hydrogen (secondary N) is 1. The fourth-order valence-corrected chi connectivity index (χ4v) is 3.05. The van der Waals surface area contributed by atoms with Crippen molar-refractivity contribution < 1.29 is 0 Å². The Morgan fingerprint density at radius 2 is 2.17 bits per heavy atom. The minimum atomic E-state index is 0.645. The minimum Gasteiger partial charge on any atom is -0.385 e. The summed E-state index contributed by atoms with van der Waals surface area (Å²) in [5.74, 6) is 0. The number of hydrogen-bond donors (Lipinski definition) is 1. The second-order valence-electron chi connectivity index (χ2n) is 5.61. The van der Waals surface area contributed by atoms with Gasteiger partial charge in [-0.15, -0.1) is 0 Å². The SMILES string of the molecule is CC1CN(c2cccc3c2CCCN3)CCN1C.